The highest BCUT2D eigenvalue weighted by Crippen LogP contribution is 2.32. The number of methoxy groups -OCH3 is 1. The van der Waals surface area contributed by atoms with E-state index in [1.165, 1.54) is 11.1 Å². The van der Waals surface area contributed by atoms with Crippen LogP contribution in [0.4, 0.5) is 0 Å². The van der Waals surface area contributed by atoms with E-state index in [1.807, 2.05) is 19.9 Å². The first-order valence-electron chi connectivity index (χ1n) is 7.27. The van der Waals surface area contributed by atoms with Gasteiger partial charge < -0.3 is 19.9 Å². The van der Waals surface area contributed by atoms with Gasteiger partial charge in [-0.15, -0.1) is 0 Å². The summed E-state index contributed by atoms with van der Waals surface area (Å²) < 4.78 is 16.6. The fraction of sp³-hybridized carbons (Fsp3) is 0.625. The van der Waals surface area contributed by atoms with Crippen LogP contribution in [0.3, 0.4) is 0 Å². The molecule has 2 atom stereocenters. The van der Waals surface area contributed by atoms with Crippen molar-refractivity contribution in [3.8, 4) is 5.75 Å². The predicted molar refractivity (Wildman–Crippen MR) is 79.1 cm³/mol. The second-order valence-corrected chi connectivity index (χ2v) is 5.46. The quantitative estimate of drug-likeness (QED) is 0.813. The van der Waals surface area contributed by atoms with Gasteiger partial charge in [-0.05, 0) is 49.9 Å². The Morgan fingerprint density at radius 2 is 2.10 bits per heavy atom. The molecule has 0 bridgehead atoms. The molecular formula is C16H25NO3. The maximum atomic E-state index is 6.32. The second kappa shape index (κ2) is 7.07. The lowest BCUT2D eigenvalue weighted by Gasteiger charge is -2.31. The molecule has 2 rings (SSSR count). The molecule has 0 heterocycles. The largest absolute Gasteiger partial charge is 0.497 e. The number of fused-ring (bicyclic) bond motifs is 1. The number of rotatable bonds is 6. The molecule has 4 nitrogen and oxygen atoms in total. The van der Waals surface area contributed by atoms with Crippen molar-refractivity contribution in [1.82, 2.24) is 0 Å². The van der Waals surface area contributed by atoms with Crippen molar-refractivity contribution in [2.24, 2.45) is 5.73 Å². The summed E-state index contributed by atoms with van der Waals surface area (Å²) in [7, 11) is 1.69. The van der Waals surface area contributed by atoms with E-state index < -0.39 is 0 Å². The van der Waals surface area contributed by atoms with Crippen molar-refractivity contribution in [3.63, 3.8) is 0 Å². The van der Waals surface area contributed by atoms with Gasteiger partial charge in [0.2, 0.25) is 0 Å². The second-order valence-electron chi connectivity index (χ2n) is 5.46. The Kier molecular flexibility index (Phi) is 5.40. The summed E-state index contributed by atoms with van der Waals surface area (Å²) in [6, 6.07) is 6.03. The molecule has 0 radical (unpaired) electrons. The number of aryl methyl sites for hydroxylation is 1. The summed E-state index contributed by atoms with van der Waals surface area (Å²) in [5.74, 6) is 0.889. The van der Waals surface area contributed by atoms with E-state index in [-0.39, 0.29) is 18.2 Å². The molecule has 0 saturated carbocycles. The zero-order chi connectivity index (χ0) is 14.5. The van der Waals surface area contributed by atoms with Crippen LogP contribution in [0.15, 0.2) is 18.2 Å². The van der Waals surface area contributed by atoms with Crippen LogP contribution in [-0.2, 0) is 15.9 Å². The highest BCUT2D eigenvalue weighted by atomic mass is 16.5. The third-order valence-electron chi connectivity index (χ3n) is 3.67. The van der Waals surface area contributed by atoms with E-state index in [0.717, 1.165) is 18.6 Å². The lowest BCUT2D eigenvalue weighted by atomic mass is 9.86. The highest BCUT2D eigenvalue weighted by molar-refractivity contribution is 5.39. The van der Waals surface area contributed by atoms with Gasteiger partial charge >= 0.3 is 0 Å². The van der Waals surface area contributed by atoms with Gasteiger partial charge in [0.1, 0.15) is 5.75 Å². The molecule has 0 aliphatic heterocycles. The lowest BCUT2D eigenvalue weighted by Crippen LogP contribution is -2.34. The Bertz CT molecular complexity index is 434. The minimum absolute atomic E-state index is 0.0660. The summed E-state index contributed by atoms with van der Waals surface area (Å²) in [5, 5.41) is 0. The van der Waals surface area contributed by atoms with E-state index >= 15 is 0 Å². The molecule has 0 spiro atoms. The Balaban J connectivity index is 1.92. The Labute approximate surface area is 121 Å². The molecule has 112 valence electrons. The minimum Gasteiger partial charge on any atom is -0.497 e. The first-order valence-corrected chi connectivity index (χ1v) is 7.27. The van der Waals surface area contributed by atoms with E-state index in [0.29, 0.717) is 13.2 Å². The van der Waals surface area contributed by atoms with Crippen LogP contribution in [0.25, 0.3) is 0 Å². The van der Waals surface area contributed by atoms with Gasteiger partial charge in [0.15, 0.2) is 0 Å². The van der Waals surface area contributed by atoms with E-state index in [1.54, 1.807) is 7.11 Å². The van der Waals surface area contributed by atoms with Crippen LogP contribution in [0, 0.1) is 0 Å². The van der Waals surface area contributed by atoms with Gasteiger partial charge in [0.25, 0.3) is 0 Å². The zero-order valence-electron chi connectivity index (χ0n) is 12.6. The molecule has 1 aromatic carbocycles. The Hall–Kier alpha value is -1.10. The standard InChI is InChI=1S/C16H25NO3/c1-11(2)19-8-9-20-15-7-4-12-10-13(18-3)5-6-14(12)16(15)17/h5-6,10-11,15-16H,4,7-9,17H2,1-3H3. The number of benzene rings is 1. The molecule has 1 aromatic rings. The summed E-state index contributed by atoms with van der Waals surface area (Å²) in [5.41, 5.74) is 8.76. The fourth-order valence-corrected chi connectivity index (χ4v) is 2.60. The smallest absolute Gasteiger partial charge is 0.119 e. The van der Waals surface area contributed by atoms with Crippen LogP contribution in [0.5, 0.6) is 5.75 Å². The first-order chi connectivity index (χ1) is 9.61. The first kappa shape index (κ1) is 15.3. The molecular weight excluding hydrogens is 254 g/mol. The molecule has 0 aromatic heterocycles. The SMILES string of the molecule is COc1ccc2c(c1)CCC(OCCOC(C)C)C2N. The molecule has 0 amide bonds. The van der Waals surface area contributed by atoms with Gasteiger partial charge in [-0.25, -0.2) is 0 Å². The minimum atomic E-state index is -0.0660. The van der Waals surface area contributed by atoms with Crippen molar-refractivity contribution < 1.29 is 14.2 Å². The van der Waals surface area contributed by atoms with Crippen molar-refractivity contribution in [1.29, 1.82) is 0 Å². The normalized spacial score (nSPS) is 21.9. The van der Waals surface area contributed by atoms with Crippen molar-refractivity contribution >= 4 is 0 Å². The van der Waals surface area contributed by atoms with E-state index in [9.17, 15) is 0 Å². The highest BCUT2D eigenvalue weighted by Gasteiger charge is 2.27. The number of hydrogen-bond donors (Lipinski definition) is 1. The third kappa shape index (κ3) is 3.72. The summed E-state index contributed by atoms with van der Waals surface area (Å²) in [6.07, 6.45) is 2.25. The molecule has 20 heavy (non-hydrogen) atoms. The summed E-state index contributed by atoms with van der Waals surface area (Å²) in [4.78, 5) is 0. The fourth-order valence-electron chi connectivity index (χ4n) is 2.60. The van der Waals surface area contributed by atoms with Crippen LogP contribution in [0.1, 0.15) is 37.4 Å². The zero-order valence-corrected chi connectivity index (χ0v) is 12.6. The van der Waals surface area contributed by atoms with Gasteiger partial charge in [0.05, 0.1) is 38.6 Å². The average Bonchev–Trinajstić information content (AvgIpc) is 2.45. The summed E-state index contributed by atoms with van der Waals surface area (Å²) in [6.45, 7) is 5.27. The van der Waals surface area contributed by atoms with Crippen LogP contribution >= 0.6 is 0 Å². The Morgan fingerprint density at radius 1 is 1.30 bits per heavy atom. The van der Waals surface area contributed by atoms with Crippen molar-refractivity contribution in [3.05, 3.63) is 29.3 Å². The van der Waals surface area contributed by atoms with E-state index in [4.69, 9.17) is 19.9 Å². The maximum absolute atomic E-state index is 6.32. The molecule has 0 fully saturated rings. The molecule has 2 unspecified atom stereocenters. The number of hydrogen-bond acceptors (Lipinski definition) is 4. The molecule has 2 N–H and O–H groups in total. The van der Waals surface area contributed by atoms with Gasteiger partial charge in [-0.1, -0.05) is 6.07 Å². The molecule has 0 saturated heterocycles. The van der Waals surface area contributed by atoms with Crippen LogP contribution in [0.2, 0.25) is 0 Å². The lowest BCUT2D eigenvalue weighted by molar-refractivity contribution is -0.0261. The number of nitrogens with two attached hydrogens (primary N) is 1. The van der Waals surface area contributed by atoms with Gasteiger partial charge in [0, 0.05) is 0 Å². The Morgan fingerprint density at radius 3 is 2.80 bits per heavy atom. The monoisotopic (exact) mass is 279 g/mol. The summed E-state index contributed by atoms with van der Waals surface area (Å²) >= 11 is 0. The van der Waals surface area contributed by atoms with Gasteiger partial charge in [-0.2, -0.15) is 0 Å². The van der Waals surface area contributed by atoms with Crippen molar-refractivity contribution in [2.45, 2.75) is 44.9 Å². The van der Waals surface area contributed by atoms with E-state index in [2.05, 4.69) is 12.1 Å². The molecule has 1 aliphatic carbocycles. The third-order valence-corrected chi connectivity index (χ3v) is 3.67. The van der Waals surface area contributed by atoms with Crippen molar-refractivity contribution in [2.75, 3.05) is 20.3 Å². The maximum Gasteiger partial charge on any atom is 0.119 e. The van der Waals surface area contributed by atoms with Crippen LogP contribution < -0.4 is 10.5 Å². The number of ether oxygens (including phenoxy) is 3. The average molecular weight is 279 g/mol. The van der Waals surface area contributed by atoms with Crippen LogP contribution in [-0.4, -0.2) is 32.5 Å². The predicted octanol–water partition coefficient (Wildman–Crippen LogP) is 2.45. The molecule has 4 heteroatoms. The molecule has 1 aliphatic rings. The topological polar surface area (TPSA) is 53.7 Å². The van der Waals surface area contributed by atoms with Gasteiger partial charge in [-0.3, -0.25) is 0 Å².